The number of pyridine rings is 1. The first kappa shape index (κ1) is 12.6. The fourth-order valence-electron chi connectivity index (χ4n) is 2.37. The molecule has 2 N–H and O–H groups in total. The van der Waals surface area contributed by atoms with Gasteiger partial charge in [-0.15, -0.1) is 0 Å². The summed E-state index contributed by atoms with van der Waals surface area (Å²) >= 11 is 0. The maximum Gasteiger partial charge on any atom is 0.322 e. The van der Waals surface area contributed by atoms with Gasteiger partial charge >= 0.3 is 5.97 Å². The first-order chi connectivity index (χ1) is 9.66. The third-order valence-electron chi connectivity index (χ3n) is 3.40. The molecule has 3 rings (SSSR count). The zero-order valence-electron chi connectivity index (χ0n) is 10.7. The lowest BCUT2D eigenvalue weighted by Crippen LogP contribution is -2.55. The maximum atomic E-state index is 12.5. The van der Waals surface area contributed by atoms with Crippen molar-refractivity contribution in [2.45, 2.75) is 6.04 Å². The fourth-order valence-corrected chi connectivity index (χ4v) is 2.37. The highest BCUT2D eigenvalue weighted by Crippen LogP contribution is 2.11. The van der Waals surface area contributed by atoms with Gasteiger partial charge in [0.15, 0.2) is 0 Å². The van der Waals surface area contributed by atoms with Gasteiger partial charge in [-0.3, -0.25) is 9.59 Å². The van der Waals surface area contributed by atoms with Gasteiger partial charge in [-0.1, -0.05) is 6.07 Å². The van der Waals surface area contributed by atoms with Crippen LogP contribution >= 0.6 is 0 Å². The second kappa shape index (κ2) is 4.93. The van der Waals surface area contributed by atoms with E-state index in [9.17, 15) is 9.59 Å². The molecule has 7 heteroatoms. The average molecular weight is 274 g/mol. The van der Waals surface area contributed by atoms with Gasteiger partial charge in [0.05, 0.1) is 11.7 Å². The fraction of sp³-hybridized carbons (Fsp3) is 0.308. The molecule has 2 aromatic rings. The number of fused-ring (bicyclic) bond motifs is 1. The summed E-state index contributed by atoms with van der Waals surface area (Å²) in [6.45, 7) is 1.11. The van der Waals surface area contributed by atoms with E-state index in [1.54, 1.807) is 27.7 Å². The van der Waals surface area contributed by atoms with Gasteiger partial charge in [-0.2, -0.15) is 5.10 Å². The van der Waals surface area contributed by atoms with Crippen LogP contribution in [0.4, 0.5) is 0 Å². The zero-order chi connectivity index (χ0) is 14.1. The lowest BCUT2D eigenvalue weighted by Gasteiger charge is -2.31. The molecule has 1 saturated heterocycles. The van der Waals surface area contributed by atoms with Crippen LogP contribution in [0.25, 0.3) is 5.52 Å². The van der Waals surface area contributed by atoms with Gasteiger partial charge in [0.25, 0.3) is 5.91 Å². The van der Waals surface area contributed by atoms with Crippen molar-refractivity contribution in [3.05, 3.63) is 36.2 Å². The normalized spacial score (nSPS) is 19.2. The summed E-state index contributed by atoms with van der Waals surface area (Å²) in [7, 11) is 0. The largest absolute Gasteiger partial charge is 0.480 e. The number of rotatable bonds is 2. The Labute approximate surface area is 114 Å². The molecular formula is C13H14N4O3. The van der Waals surface area contributed by atoms with E-state index in [1.165, 1.54) is 0 Å². The number of nitrogens with one attached hydrogen (secondary N) is 1. The standard InChI is InChI=1S/C13H14N4O3/c18-12(16-7-6-14-10(8-16)13(19)20)11-3-1-2-9-4-5-15-17(9)11/h1-5,10,14H,6-8H2,(H,19,20). The van der Waals surface area contributed by atoms with Crippen molar-refractivity contribution in [1.82, 2.24) is 19.8 Å². The number of carbonyl (C=O) groups is 2. The van der Waals surface area contributed by atoms with Crippen molar-refractivity contribution >= 4 is 17.4 Å². The molecular weight excluding hydrogens is 260 g/mol. The van der Waals surface area contributed by atoms with Crippen LogP contribution in [-0.2, 0) is 4.79 Å². The molecule has 1 fully saturated rings. The van der Waals surface area contributed by atoms with Crippen molar-refractivity contribution in [1.29, 1.82) is 0 Å². The molecule has 7 nitrogen and oxygen atoms in total. The molecule has 0 saturated carbocycles. The molecule has 3 heterocycles. The number of aliphatic carboxylic acids is 1. The van der Waals surface area contributed by atoms with E-state index in [4.69, 9.17) is 5.11 Å². The Morgan fingerprint density at radius 3 is 3.00 bits per heavy atom. The van der Waals surface area contributed by atoms with Crippen LogP contribution in [0.3, 0.4) is 0 Å². The lowest BCUT2D eigenvalue weighted by molar-refractivity contribution is -0.140. The Kier molecular flexibility index (Phi) is 3.11. The number of carboxylic acid groups (broad SMARTS) is 1. The average Bonchev–Trinajstić information content (AvgIpc) is 2.95. The number of amides is 1. The van der Waals surface area contributed by atoms with E-state index >= 15 is 0 Å². The smallest absolute Gasteiger partial charge is 0.322 e. The highest BCUT2D eigenvalue weighted by Gasteiger charge is 2.29. The van der Waals surface area contributed by atoms with Crippen LogP contribution < -0.4 is 5.32 Å². The minimum absolute atomic E-state index is 0.159. The number of hydrogen-bond donors (Lipinski definition) is 2. The molecule has 0 radical (unpaired) electrons. The van der Waals surface area contributed by atoms with Crippen molar-refractivity contribution in [2.24, 2.45) is 0 Å². The Morgan fingerprint density at radius 2 is 2.20 bits per heavy atom. The summed E-state index contributed by atoms with van der Waals surface area (Å²) in [5.41, 5.74) is 1.28. The quantitative estimate of drug-likeness (QED) is 0.794. The molecule has 0 spiro atoms. The topological polar surface area (TPSA) is 86.9 Å². The van der Waals surface area contributed by atoms with Crippen LogP contribution in [0.1, 0.15) is 10.5 Å². The van der Waals surface area contributed by atoms with Gasteiger partial charge in [0.2, 0.25) is 0 Å². The first-order valence-corrected chi connectivity index (χ1v) is 6.35. The molecule has 1 aliphatic heterocycles. The highest BCUT2D eigenvalue weighted by molar-refractivity contribution is 5.93. The van der Waals surface area contributed by atoms with Gasteiger partial charge in [-0.25, -0.2) is 4.52 Å². The molecule has 2 aromatic heterocycles. The predicted octanol–water partition coefficient (Wildman–Crippen LogP) is -0.167. The Bertz CT molecular complexity index is 666. The minimum atomic E-state index is -0.945. The van der Waals surface area contributed by atoms with E-state index in [0.717, 1.165) is 5.52 Å². The third-order valence-corrected chi connectivity index (χ3v) is 3.40. The van der Waals surface area contributed by atoms with Crippen LogP contribution in [0, 0.1) is 0 Å². The SMILES string of the molecule is O=C(O)C1CN(C(=O)c2cccc3ccnn23)CCN1. The van der Waals surface area contributed by atoms with Crippen molar-refractivity contribution in [3.8, 4) is 0 Å². The van der Waals surface area contributed by atoms with E-state index in [-0.39, 0.29) is 12.5 Å². The molecule has 104 valence electrons. The summed E-state index contributed by atoms with van der Waals surface area (Å²) in [6.07, 6.45) is 1.63. The van der Waals surface area contributed by atoms with Crippen molar-refractivity contribution in [3.63, 3.8) is 0 Å². The van der Waals surface area contributed by atoms with E-state index in [2.05, 4.69) is 10.4 Å². The highest BCUT2D eigenvalue weighted by atomic mass is 16.4. The van der Waals surface area contributed by atoms with Crippen LogP contribution in [0.5, 0.6) is 0 Å². The molecule has 0 aromatic carbocycles. The monoisotopic (exact) mass is 274 g/mol. The molecule has 1 unspecified atom stereocenters. The Morgan fingerprint density at radius 1 is 1.35 bits per heavy atom. The lowest BCUT2D eigenvalue weighted by atomic mass is 10.2. The number of hydrogen-bond acceptors (Lipinski definition) is 4. The third kappa shape index (κ3) is 2.12. The maximum absolute atomic E-state index is 12.5. The minimum Gasteiger partial charge on any atom is -0.480 e. The Hall–Kier alpha value is -2.41. The van der Waals surface area contributed by atoms with E-state index in [1.807, 2.05) is 12.1 Å². The predicted molar refractivity (Wildman–Crippen MR) is 70.5 cm³/mol. The van der Waals surface area contributed by atoms with E-state index in [0.29, 0.717) is 18.8 Å². The van der Waals surface area contributed by atoms with E-state index < -0.39 is 12.0 Å². The van der Waals surface area contributed by atoms with Crippen molar-refractivity contribution < 1.29 is 14.7 Å². The first-order valence-electron chi connectivity index (χ1n) is 6.35. The van der Waals surface area contributed by atoms with Crippen LogP contribution in [0.2, 0.25) is 0 Å². The van der Waals surface area contributed by atoms with Crippen LogP contribution in [0.15, 0.2) is 30.5 Å². The number of carboxylic acids is 1. The van der Waals surface area contributed by atoms with Gasteiger partial charge in [0, 0.05) is 19.6 Å². The molecule has 20 heavy (non-hydrogen) atoms. The number of nitrogens with zero attached hydrogens (tertiary/aromatic N) is 3. The molecule has 1 amide bonds. The number of carbonyl (C=O) groups excluding carboxylic acids is 1. The van der Waals surface area contributed by atoms with Gasteiger partial charge in [0.1, 0.15) is 11.7 Å². The summed E-state index contributed by atoms with van der Waals surface area (Å²) in [4.78, 5) is 25.1. The summed E-state index contributed by atoms with van der Waals surface area (Å²) in [6, 6.07) is 6.45. The van der Waals surface area contributed by atoms with Crippen molar-refractivity contribution in [2.75, 3.05) is 19.6 Å². The number of aromatic nitrogens is 2. The molecule has 0 aliphatic carbocycles. The molecule has 1 atom stereocenters. The van der Waals surface area contributed by atoms with Gasteiger partial charge in [-0.05, 0) is 18.2 Å². The van der Waals surface area contributed by atoms with Gasteiger partial charge < -0.3 is 15.3 Å². The summed E-state index contributed by atoms with van der Waals surface area (Å²) in [5, 5.41) is 16.0. The Balaban J connectivity index is 1.88. The second-order valence-corrected chi connectivity index (χ2v) is 4.68. The molecule has 1 aliphatic rings. The molecule has 0 bridgehead atoms. The summed E-state index contributed by atoms with van der Waals surface area (Å²) in [5.74, 6) is -1.15. The van der Waals surface area contributed by atoms with Crippen LogP contribution in [-0.4, -0.2) is 57.2 Å². The zero-order valence-corrected chi connectivity index (χ0v) is 10.7. The second-order valence-electron chi connectivity index (χ2n) is 4.68. The summed E-state index contributed by atoms with van der Waals surface area (Å²) < 4.78 is 1.57. The number of piperazine rings is 1.